The number of hydrogen-bond donors (Lipinski definition) is 0. The number of rotatable bonds is 2. The quantitative estimate of drug-likeness (QED) is 0.662. The summed E-state index contributed by atoms with van der Waals surface area (Å²) in [6, 6.07) is 8.11. The van der Waals surface area contributed by atoms with Gasteiger partial charge in [-0.2, -0.15) is 0 Å². The maximum Gasteiger partial charge on any atom is 0.101 e. The molecule has 0 N–H and O–H groups in total. The van der Waals surface area contributed by atoms with Crippen LogP contribution in [0.15, 0.2) is 24.3 Å². The summed E-state index contributed by atoms with van der Waals surface area (Å²) in [6.45, 7) is 3.96. The SMILES string of the molecule is Cc1cccc(C(C)OCl)c1. The van der Waals surface area contributed by atoms with Crippen LogP contribution in [0.5, 0.6) is 0 Å². The molecule has 0 amide bonds. The van der Waals surface area contributed by atoms with Crippen LogP contribution in [0.25, 0.3) is 0 Å². The summed E-state index contributed by atoms with van der Waals surface area (Å²) >= 11 is 5.24. The molecule has 0 saturated carbocycles. The van der Waals surface area contributed by atoms with E-state index in [1.165, 1.54) is 5.56 Å². The van der Waals surface area contributed by atoms with Crippen molar-refractivity contribution in [2.45, 2.75) is 20.0 Å². The van der Waals surface area contributed by atoms with Gasteiger partial charge in [0, 0.05) is 0 Å². The molecule has 0 fully saturated rings. The Bertz CT molecular complexity index is 235. The first-order valence-electron chi connectivity index (χ1n) is 3.58. The minimum atomic E-state index is -0.0310. The first-order valence-corrected chi connectivity index (χ1v) is 3.89. The first-order chi connectivity index (χ1) is 5.24. The average Bonchev–Trinajstić information content (AvgIpc) is 2.03. The second-order valence-corrected chi connectivity index (χ2v) is 2.82. The minimum absolute atomic E-state index is 0.0310. The molecule has 2 heteroatoms. The highest BCUT2D eigenvalue weighted by Crippen LogP contribution is 2.18. The van der Waals surface area contributed by atoms with Gasteiger partial charge in [0.1, 0.15) is 6.10 Å². The van der Waals surface area contributed by atoms with Gasteiger partial charge < -0.3 is 0 Å². The zero-order valence-electron chi connectivity index (χ0n) is 6.67. The van der Waals surface area contributed by atoms with E-state index in [4.69, 9.17) is 11.9 Å². The van der Waals surface area contributed by atoms with Gasteiger partial charge in [-0.3, -0.25) is 4.29 Å². The molecule has 0 aromatic heterocycles. The molecular formula is C9H11ClO. The van der Waals surface area contributed by atoms with Crippen LogP contribution in [0.2, 0.25) is 0 Å². The molecule has 1 nitrogen and oxygen atoms in total. The highest BCUT2D eigenvalue weighted by molar-refractivity contribution is 6.07. The van der Waals surface area contributed by atoms with Gasteiger partial charge in [0.2, 0.25) is 0 Å². The van der Waals surface area contributed by atoms with Crippen molar-refractivity contribution in [3.8, 4) is 0 Å². The lowest BCUT2D eigenvalue weighted by Crippen LogP contribution is -1.92. The molecule has 1 aromatic rings. The maximum atomic E-state index is 5.24. The van der Waals surface area contributed by atoms with Crippen molar-refractivity contribution in [1.82, 2.24) is 0 Å². The van der Waals surface area contributed by atoms with E-state index in [0.717, 1.165) is 5.56 Å². The third-order valence-electron chi connectivity index (χ3n) is 1.65. The topological polar surface area (TPSA) is 9.23 Å². The summed E-state index contributed by atoms with van der Waals surface area (Å²) in [6.07, 6.45) is -0.0310. The predicted molar refractivity (Wildman–Crippen MR) is 46.5 cm³/mol. The molecule has 1 unspecified atom stereocenters. The van der Waals surface area contributed by atoms with Crippen LogP contribution in [-0.2, 0) is 4.29 Å². The summed E-state index contributed by atoms with van der Waals surface area (Å²) in [5.74, 6) is 0. The van der Waals surface area contributed by atoms with E-state index in [2.05, 4.69) is 10.4 Å². The molecule has 0 aliphatic rings. The smallest absolute Gasteiger partial charge is 0.101 e. The van der Waals surface area contributed by atoms with Crippen LogP contribution < -0.4 is 0 Å². The van der Waals surface area contributed by atoms with Crippen molar-refractivity contribution in [3.05, 3.63) is 35.4 Å². The van der Waals surface area contributed by atoms with E-state index in [1.807, 2.05) is 32.0 Å². The number of halogens is 1. The summed E-state index contributed by atoms with van der Waals surface area (Å²) in [4.78, 5) is 0. The van der Waals surface area contributed by atoms with Gasteiger partial charge in [-0.05, 0) is 19.4 Å². The fourth-order valence-electron chi connectivity index (χ4n) is 0.974. The van der Waals surface area contributed by atoms with Crippen LogP contribution >= 0.6 is 11.9 Å². The van der Waals surface area contributed by atoms with Gasteiger partial charge in [0.05, 0.1) is 11.9 Å². The van der Waals surface area contributed by atoms with Gasteiger partial charge in [-0.15, -0.1) is 0 Å². The molecule has 0 heterocycles. The molecule has 11 heavy (non-hydrogen) atoms. The van der Waals surface area contributed by atoms with Crippen LogP contribution in [-0.4, -0.2) is 0 Å². The fraction of sp³-hybridized carbons (Fsp3) is 0.333. The normalized spacial score (nSPS) is 13.0. The number of aryl methyl sites for hydroxylation is 1. The monoisotopic (exact) mass is 170 g/mol. The van der Waals surface area contributed by atoms with Crippen LogP contribution in [0.1, 0.15) is 24.2 Å². The Morgan fingerprint density at radius 2 is 2.18 bits per heavy atom. The Kier molecular flexibility index (Phi) is 2.92. The summed E-state index contributed by atoms with van der Waals surface area (Å²) in [5.41, 5.74) is 2.34. The van der Waals surface area contributed by atoms with E-state index in [0.29, 0.717) is 0 Å². The van der Waals surface area contributed by atoms with E-state index < -0.39 is 0 Å². The molecule has 0 radical (unpaired) electrons. The fourth-order valence-corrected chi connectivity index (χ4v) is 1.08. The molecule has 1 atom stereocenters. The van der Waals surface area contributed by atoms with Crippen molar-refractivity contribution in [2.75, 3.05) is 0 Å². The number of hydrogen-bond acceptors (Lipinski definition) is 1. The lowest BCUT2D eigenvalue weighted by Gasteiger charge is -2.07. The van der Waals surface area contributed by atoms with E-state index in [-0.39, 0.29) is 6.10 Å². The molecule has 0 aliphatic heterocycles. The average molecular weight is 171 g/mol. The van der Waals surface area contributed by atoms with E-state index in [9.17, 15) is 0 Å². The molecular weight excluding hydrogens is 160 g/mol. The van der Waals surface area contributed by atoms with Crippen molar-refractivity contribution >= 4 is 11.9 Å². The largest absolute Gasteiger partial charge is 0.271 e. The van der Waals surface area contributed by atoms with Gasteiger partial charge in [0.15, 0.2) is 0 Å². The molecule has 1 rings (SSSR count). The van der Waals surface area contributed by atoms with Crippen LogP contribution in [0.4, 0.5) is 0 Å². The lowest BCUT2D eigenvalue weighted by atomic mass is 10.1. The second-order valence-electron chi connectivity index (χ2n) is 2.65. The van der Waals surface area contributed by atoms with Crippen molar-refractivity contribution in [3.63, 3.8) is 0 Å². The molecule has 0 saturated heterocycles. The molecule has 0 bridgehead atoms. The molecule has 1 aromatic carbocycles. The first kappa shape index (κ1) is 8.57. The Labute approximate surface area is 72.1 Å². The van der Waals surface area contributed by atoms with Crippen LogP contribution in [0.3, 0.4) is 0 Å². The van der Waals surface area contributed by atoms with Gasteiger partial charge in [-0.25, -0.2) is 0 Å². The third kappa shape index (κ3) is 2.21. The Hall–Kier alpha value is -0.530. The van der Waals surface area contributed by atoms with Gasteiger partial charge in [-0.1, -0.05) is 29.8 Å². The summed E-state index contributed by atoms with van der Waals surface area (Å²) in [5, 5.41) is 0. The van der Waals surface area contributed by atoms with Crippen molar-refractivity contribution in [2.24, 2.45) is 0 Å². The third-order valence-corrected chi connectivity index (χ3v) is 1.91. The Morgan fingerprint density at radius 1 is 1.45 bits per heavy atom. The van der Waals surface area contributed by atoms with E-state index in [1.54, 1.807) is 0 Å². The van der Waals surface area contributed by atoms with Gasteiger partial charge in [0.25, 0.3) is 0 Å². The summed E-state index contributed by atoms with van der Waals surface area (Å²) < 4.78 is 4.66. The highest BCUT2D eigenvalue weighted by atomic mass is 35.5. The summed E-state index contributed by atoms with van der Waals surface area (Å²) in [7, 11) is 0. The predicted octanol–water partition coefficient (Wildman–Crippen LogP) is 3.23. The zero-order chi connectivity index (χ0) is 8.27. The van der Waals surface area contributed by atoms with Crippen molar-refractivity contribution in [1.29, 1.82) is 0 Å². The van der Waals surface area contributed by atoms with E-state index >= 15 is 0 Å². The zero-order valence-corrected chi connectivity index (χ0v) is 7.43. The van der Waals surface area contributed by atoms with Crippen LogP contribution in [0, 0.1) is 6.92 Å². The Balaban J connectivity index is 2.86. The molecule has 0 aliphatic carbocycles. The maximum absolute atomic E-state index is 5.24. The highest BCUT2D eigenvalue weighted by Gasteiger charge is 2.03. The van der Waals surface area contributed by atoms with Gasteiger partial charge >= 0.3 is 0 Å². The second kappa shape index (κ2) is 3.74. The Morgan fingerprint density at radius 3 is 2.73 bits per heavy atom. The minimum Gasteiger partial charge on any atom is -0.271 e. The standard InChI is InChI=1S/C9H11ClO/c1-7-4-3-5-9(6-7)8(2)11-10/h3-6,8H,1-2H3. The lowest BCUT2D eigenvalue weighted by molar-refractivity contribution is 0.252. The molecule has 0 spiro atoms. The molecule has 60 valence electrons. The van der Waals surface area contributed by atoms with Crippen molar-refractivity contribution < 1.29 is 4.29 Å². The number of benzene rings is 1.